The molecule has 0 aromatic heterocycles. The van der Waals surface area contributed by atoms with Crippen LogP contribution in [0.3, 0.4) is 0 Å². The summed E-state index contributed by atoms with van der Waals surface area (Å²) in [4.78, 5) is 13.8. The van der Waals surface area contributed by atoms with Crippen LogP contribution < -0.4 is 15.4 Å². The van der Waals surface area contributed by atoms with Gasteiger partial charge in [0.1, 0.15) is 0 Å². The van der Waals surface area contributed by atoms with Crippen molar-refractivity contribution in [2.45, 2.75) is 12.8 Å². The van der Waals surface area contributed by atoms with Crippen LogP contribution >= 0.6 is 0 Å². The highest BCUT2D eigenvalue weighted by Crippen LogP contribution is 1.94. The molecule has 1 rings (SSSR count). The predicted octanol–water partition coefficient (Wildman–Crippen LogP) is -1.66. The molecule has 3 N–H and O–H groups in total. The van der Waals surface area contributed by atoms with E-state index in [9.17, 15) is 13.2 Å². The van der Waals surface area contributed by atoms with Gasteiger partial charge in [-0.3, -0.25) is 9.69 Å². The Bertz CT molecular complexity index is 364. The maximum atomic E-state index is 11.7. The van der Waals surface area contributed by atoms with Crippen molar-refractivity contribution in [2.75, 3.05) is 52.1 Å². The minimum atomic E-state index is -3.13. The quantitative estimate of drug-likeness (QED) is 0.489. The van der Waals surface area contributed by atoms with E-state index in [1.807, 2.05) is 0 Å². The van der Waals surface area contributed by atoms with Crippen LogP contribution in [0.5, 0.6) is 0 Å². The maximum absolute atomic E-state index is 11.7. The molecule has 0 unspecified atom stereocenters. The van der Waals surface area contributed by atoms with Crippen LogP contribution in [0.2, 0.25) is 0 Å². The summed E-state index contributed by atoms with van der Waals surface area (Å²) in [6, 6.07) is 0. The number of nitrogens with one attached hydrogen (secondary N) is 3. The molecule has 7 nitrogen and oxygen atoms in total. The van der Waals surface area contributed by atoms with Crippen molar-refractivity contribution in [3.8, 4) is 0 Å². The van der Waals surface area contributed by atoms with E-state index in [-0.39, 0.29) is 5.91 Å². The fraction of sp³-hybridized carbons (Fsp3) is 0.909. The van der Waals surface area contributed by atoms with Gasteiger partial charge in [0.05, 0.1) is 12.8 Å². The smallest absolute Gasteiger partial charge is 0.234 e. The summed E-state index contributed by atoms with van der Waals surface area (Å²) in [5.74, 6) is 0.00116. The second-order valence-electron chi connectivity index (χ2n) is 4.75. The second kappa shape index (κ2) is 8.47. The molecule has 1 aliphatic heterocycles. The zero-order valence-corrected chi connectivity index (χ0v) is 12.3. The third kappa shape index (κ3) is 8.93. The van der Waals surface area contributed by atoms with E-state index in [4.69, 9.17) is 0 Å². The van der Waals surface area contributed by atoms with Gasteiger partial charge in [-0.1, -0.05) is 0 Å². The molecule has 0 bridgehead atoms. The first-order valence-electron chi connectivity index (χ1n) is 6.62. The number of carbonyl (C=O) groups excluding carboxylic acids is 1. The van der Waals surface area contributed by atoms with Crippen molar-refractivity contribution >= 4 is 15.9 Å². The Balaban J connectivity index is 2.07. The maximum Gasteiger partial charge on any atom is 0.234 e. The van der Waals surface area contributed by atoms with E-state index in [0.29, 0.717) is 26.1 Å². The fourth-order valence-corrected chi connectivity index (χ4v) is 2.41. The fourth-order valence-electron chi connectivity index (χ4n) is 1.89. The van der Waals surface area contributed by atoms with Crippen molar-refractivity contribution < 1.29 is 13.2 Å². The van der Waals surface area contributed by atoms with Gasteiger partial charge in [0.25, 0.3) is 0 Å². The van der Waals surface area contributed by atoms with Gasteiger partial charge < -0.3 is 10.6 Å². The van der Waals surface area contributed by atoms with Crippen LogP contribution in [0, 0.1) is 0 Å². The third-order valence-electron chi connectivity index (χ3n) is 2.84. The van der Waals surface area contributed by atoms with E-state index in [1.165, 1.54) is 0 Å². The Kier molecular flexibility index (Phi) is 7.29. The predicted molar refractivity (Wildman–Crippen MR) is 74.4 cm³/mol. The van der Waals surface area contributed by atoms with Gasteiger partial charge in [-0.05, 0) is 25.9 Å². The average Bonchev–Trinajstić information content (AvgIpc) is 2.55. The number of rotatable bonds is 7. The molecule has 1 amide bonds. The van der Waals surface area contributed by atoms with Crippen molar-refractivity contribution in [1.29, 1.82) is 0 Å². The number of nitrogens with zero attached hydrogens (tertiary/aromatic N) is 1. The molecule has 0 radical (unpaired) electrons. The van der Waals surface area contributed by atoms with Crippen LogP contribution in [0.15, 0.2) is 0 Å². The number of hydrogen-bond acceptors (Lipinski definition) is 5. The molecular formula is C11H24N4O3S. The normalized spacial score (nSPS) is 17.9. The van der Waals surface area contributed by atoms with Gasteiger partial charge in [-0.25, -0.2) is 13.1 Å². The van der Waals surface area contributed by atoms with Gasteiger partial charge in [-0.15, -0.1) is 0 Å². The Hall–Kier alpha value is -0.700. The second-order valence-corrected chi connectivity index (χ2v) is 6.58. The van der Waals surface area contributed by atoms with Gasteiger partial charge in [-0.2, -0.15) is 0 Å². The molecule has 0 atom stereocenters. The molecule has 0 aromatic carbocycles. The summed E-state index contributed by atoms with van der Waals surface area (Å²) >= 11 is 0. The highest BCUT2D eigenvalue weighted by molar-refractivity contribution is 7.88. The van der Waals surface area contributed by atoms with Gasteiger partial charge >= 0.3 is 0 Å². The lowest BCUT2D eigenvalue weighted by molar-refractivity contribution is -0.122. The third-order valence-corrected chi connectivity index (χ3v) is 3.57. The van der Waals surface area contributed by atoms with Crippen LogP contribution in [0.25, 0.3) is 0 Å². The Labute approximate surface area is 115 Å². The van der Waals surface area contributed by atoms with E-state index in [2.05, 4.69) is 20.3 Å². The van der Waals surface area contributed by atoms with Crippen LogP contribution in [0.1, 0.15) is 12.8 Å². The molecule has 1 heterocycles. The SMILES string of the molecule is CS(=O)(=O)NCCCNC(=O)CN1CCCNCC1. The molecule has 0 spiro atoms. The first-order valence-corrected chi connectivity index (χ1v) is 8.51. The molecule has 0 aromatic rings. The van der Waals surface area contributed by atoms with E-state index >= 15 is 0 Å². The largest absolute Gasteiger partial charge is 0.355 e. The summed E-state index contributed by atoms with van der Waals surface area (Å²) in [7, 11) is -3.13. The van der Waals surface area contributed by atoms with E-state index < -0.39 is 10.0 Å². The summed E-state index contributed by atoms with van der Waals surface area (Å²) in [5.41, 5.74) is 0. The van der Waals surface area contributed by atoms with Gasteiger partial charge in [0, 0.05) is 26.2 Å². The number of hydrogen-bond donors (Lipinski definition) is 3. The molecule has 8 heteroatoms. The van der Waals surface area contributed by atoms with Crippen molar-refractivity contribution in [2.24, 2.45) is 0 Å². The molecular weight excluding hydrogens is 268 g/mol. The number of sulfonamides is 1. The molecule has 0 aliphatic carbocycles. The molecule has 0 saturated carbocycles. The van der Waals surface area contributed by atoms with E-state index in [1.54, 1.807) is 0 Å². The summed E-state index contributed by atoms with van der Waals surface area (Å²) in [6.07, 6.45) is 2.78. The molecule has 1 aliphatic rings. The first kappa shape index (κ1) is 16.4. The van der Waals surface area contributed by atoms with Crippen LogP contribution in [0.4, 0.5) is 0 Å². The molecule has 112 valence electrons. The monoisotopic (exact) mass is 292 g/mol. The molecule has 1 saturated heterocycles. The van der Waals surface area contributed by atoms with Gasteiger partial charge in [0.2, 0.25) is 15.9 Å². The Morgan fingerprint density at radius 3 is 2.79 bits per heavy atom. The van der Waals surface area contributed by atoms with Crippen molar-refractivity contribution in [1.82, 2.24) is 20.3 Å². The summed E-state index contributed by atoms with van der Waals surface area (Å²) in [5, 5.41) is 6.09. The summed E-state index contributed by atoms with van der Waals surface area (Å²) < 4.78 is 24.0. The Morgan fingerprint density at radius 2 is 2.05 bits per heavy atom. The molecule has 19 heavy (non-hydrogen) atoms. The lowest BCUT2D eigenvalue weighted by Crippen LogP contribution is -2.39. The van der Waals surface area contributed by atoms with Crippen LogP contribution in [-0.4, -0.2) is 71.3 Å². The van der Waals surface area contributed by atoms with Crippen molar-refractivity contribution in [3.63, 3.8) is 0 Å². The summed E-state index contributed by atoms with van der Waals surface area (Å²) in [6.45, 7) is 5.03. The zero-order valence-electron chi connectivity index (χ0n) is 11.4. The van der Waals surface area contributed by atoms with Gasteiger partial charge in [0.15, 0.2) is 0 Å². The lowest BCUT2D eigenvalue weighted by atomic mass is 10.3. The highest BCUT2D eigenvalue weighted by atomic mass is 32.2. The highest BCUT2D eigenvalue weighted by Gasteiger charge is 2.12. The Morgan fingerprint density at radius 1 is 1.26 bits per heavy atom. The van der Waals surface area contributed by atoms with Crippen LogP contribution in [-0.2, 0) is 14.8 Å². The van der Waals surface area contributed by atoms with E-state index in [0.717, 1.165) is 38.9 Å². The number of amides is 1. The zero-order chi connectivity index (χ0) is 14.1. The lowest BCUT2D eigenvalue weighted by Gasteiger charge is -2.18. The minimum absolute atomic E-state index is 0.00116. The average molecular weight is 292 g/mol. The topological polar surface area (TPSA) is 90.5 Å². The number of carbonyl (C=O) groups is 1. The molecule has 1 fully saturated rings. The standard InChI is InChI=1S/C11H24N4O3S/c1-19(17,18)14-6-2-5-13-11(16)10-15-8-3-4-12-7-9-15/h12,14H,2-10H2,1H3,(H,13,16). The first-order chi connectivity index (χ1) is 8.97. The van der Waals surface area contributed by atoms with Crippen molar-refractivity contribution in [3.05, 3.63) is 0 Å². The minimum Gasteiger partial charge on any atom is -0.355 e.